The highest BCUT2D eigenvalue weighted by molar-refractivity contribution is 6.32. The van der Waals surface area contributed by atoms with Crippen molar-refractivity contribution < 1.29 is 9.53 Å². The van der Waals surface area contributed by atoms with E-state index in [-0.39, 0.29) is 6.04 Å². The van der Waals surface area contributed by atoms with E-state index >= 15 is 0 Å². The maximum Gasteiger partial charge on any atom is 0.141 e. The molecule has 0 spiro atoms. The summed E-state index contributed by atoms with van der Waals surface area (Å²) in [4.78, 5) is 19.2. The molecule has 6 heteroatoms. The molecule has 0 amide bonds. The third-order valence-electron chi connectivity index (χ3n) is 6.29. The highest BCUT2D eigenvalue weighted by atomic mass is 35.5. The van der Waals surface area contributed by atoms with Gasteiger partial charge in [-0.15, -0.1) is 0 Å². The molecule has 2 heterocycles. The van der Waals surface area contributed by atoms with Crippen molar-refractivity contribution in [3.63, 3.8) is 0 Å². The Labute approximate surface area is 174 Å². The van der Waals surface area contributed by atoms with Crippen molar-refractivity contribution in [1.29, 1.82) is 0 Å². The van der Waals surface area contributed by atoms with E-state index in [1.165, 1.54) is 6.42 Å². The zero-order valence-electron chi connectivity index (χ0n) is 16.2. The van der Waals surface area contributed by atoms with E-state index in [9.17, 15) is 4.79 Å². The summed E-state index contributed by atoms with van der Waals surface area (Å²) in [6, 6.07) is 11.8. The summed E-state index contributed by atoms with van der Waals surface area (Å²) in [5.41, 5.74) is 11.8. The number of hydrogen-bond donors (Lipinski definition) is 1. The Morgan fingerprint density at radius 3 is 2.79 bits per heavy atom. The Balaban J connectivity index is 1.69. The van der Waals surface area contributed by atoms with Gasteiger partial charge in [0.2, 0.25) is 0 Å². The number of nitrogens with two attached hydrogens (primary N) is 1. The third kappa shape index (κ3) is 2.80. The second-order valence-electron chi connectivity index (χ2n) is 7.77. The molecule has 2 aromatic carbocycles. The van der Waals surface area contributed by atoms with Crippen LogP contribution in [-0.2, 0) is 11.3 Å². The molecular weight excluding hydrogens is 386 g/mol. The van der Waals surface area contributed by atoms with Crippen molar-refractivity contribution >= 4 is 34.5 Å². The number of anilines is 1. The molecule has 1 aromatic heterocycles. The number of halogens is 1. The Kier molecular flexibility index (Phi) is 4.45. The predicted octanol–water partition coefficient (Wildman–Crippen LogP) is 4.75. The lowest BCUT2D eigenvalue weighted by Crippen LogP contribution is -2.39. The van der Waals surface area contributed by atoms with E-state index < -0.39 is 0 Å². The predicted molar refractivity (Wildman–Crippen MR) is 115 cm³/mol. The van der Waals surface area contributed by atoms with Gasteiger partial charge in [-0.2, -0.15) is 0 Å². The van der Waals surface area contributed by atoms with Crippen LogP contribution in [0.15, 0.2) is 36.4 Å². The number of rotatable bonds is 4. The zero-order valence-corrected chi connectivity index (χ0v) is 16.9. The van der Waals surface area contributed by atoms with E-state index in [2.05, 4.69) is 4.90 Å². The number of aromatic nitrogens is 1. The highest BCUT2D eigenvalue weighted by Gasteiger charge is 2.39. The van der Waals surface area contributed by atoms with Crippen LogP contribution >= 0.6 is 11.6 Å². The Morgan fingerprint density at radius 2 is 2.10 bits per heavy atom. The van der Waals surface area contributed by atoms with E-state index in [0.717, 1.165) is 52.4 Å². The maximum absolute atomic E-state index is 12.0. The molecule has 3 aromatic rings. The summed E-state index contributed by atoms with van der Waals surface area (Å²) in [5, 5.41) is 1.44. The monoisotopic (exact) mass is 407 g/mol. The third-order valence-corrected chi connectivity index (χ3v) is 6.61. The fourth-order valence-corrected chi connectivity index (χ4v) is 4.74. The number of pyridine rings is 1. The Hall–Kier alpha value is -2.63. The van der Waals surface area contributed by atoms with Gasteiger partial charge < -0.3 is 15.3 Å². The molecule has 1 unspecified atom stereocenters. The van der Waals surface area contributed by atoms with Gasteiger partial charge in [0.1, 0.15) is 12.0 Å². The molecule has 29 heavy (non-hydrogen) atoms. The SMILES string of the molecule is COc1cc(-c2cccc3c(N)c4c(nc23)CN(C2CCC2)C4C=O)ccc1Cl. The van der Waals surface area contributed by atoms with E-state index in [1.54, 1.807) is 7.11 Å². The van der Waals surface area contributed by atoms with Crippen LogP contribution in [0.25, 0.3) is 22.0 Å². The van der Waals surface area contributed by atoms with Crippen molar-refractivity contribution in [2.45, 2.75) is 37.9 Å². The normalized spacial score (nSPS) is 19.2. The van der Waals surface area contributed by atoms with Crippen molar-refractivity contribution in [2.75, 3.05) is 12.8 Å². The van der Waals surface area contributed by atoms with Crippen molar-refractivity contribution in [1.82, 2.24) is 9.88 Å². The van der Waals surface area contributed by atoms with Crippen LogP contribution in [0.1, 0.15) is 36.6 Å². The Bertz CT molecular complexity index is 1130. The molecule has 2 N–H and O–H groups in total. The molecular formula is C23H22ClN3O2. The molecule has 5 rings (SSSR count). The van der Waals surface area contributed by atoms with Gasteiger partial charge in [-0.3, -0.25) is 9.88 Å². The summed E-state index contributed by atoms with van der Waals surface area (Å²) in [7, 11) is 1.60. The minimum absolute atomic E-state index is 0.300. The number of aldehydes is 1. The first kappa shape index (κ1) is 18.4. The largest absolute Gasteiger partial charge is 0.495 e. The zero-order chi connectivity index (χ0) is 20.1. The molecule has 0 radical (unpaired) electrons. The van der Waals surface area contributed by atoms with Gasteiger partial charge in [0.15, 0.2) is 0 Å². The summed E-state index contributed by atoms with van der Waals surface area (Å²) >= 11 is 6.20. The molecule has 0 saturated heterocycles. The lowest BCUT2D eigenvalue weighted by atomic mass is 9.90. The van der Waals surface area contributed by atoms with Crippen LogP contribution in [0.2, 0.25) is 5.02 Å². The number of methoxy groups -OCH3 is 1. The summed E-state index contributed by atoms with van der Waals surface area (Å²) < 4.78 is 5.38. The topological polar surface area (TPSA) is 68.5 Å². The first-order valence-corrected chi connectivity index (χ1v) is 10.3. The first-order chi connectivity index (χ1) is 14.1. The average Bonchev–Trinajstić information content (AvgIpc) is 3.05. The molecule has 1 aliphatic heterocycles. The number of carbonyl (C=O) groups is 1. The molecule has 148 valence electrons. The number of benzene rings is 2. The van der Waals surface area contributed by atoms with Gasteiger partial charge in [-0.1, -0.05) is 42.3 Å². The smallest absolute Gasteiger partial charge is 0.141 e. The molecule has 0 bridgehead atoms. The van der Waals surface area contributed by atoms with Crippen molar-refractivity contribution in [3.05, 3.63) is 52.7 Å². The molecule has 5 nitrogen and oxygen atoms in total. The van der Waals surface area contributed by atoms with E-state index in [1.807, 2.05) is 36.4 Å². The van der Waals surface area contributed by atoms with E-state index in [0.29, 0.717) is 29.0 Å². The molecule has 1 atom stereocenters. The number of nitrogen functional groups attached to an aromatic ring is 1. The average molecular weight is 408 g/mol. The van der Waals surface area contributed by atoms with Crippen LogP contribution in [0.3, 0.4) is 0 Å². The maximum atomic E-state index is 12.0. The first-order valence-electron chi connectivity index (χ1n) is 9.88. The number of fused-ring (bicyclic) bond motifs is 2. The number of carbonyl (C=O) groups excluding carboxylic acids is 1. The number of ether oxygens (including phenoxy) is 1. The van der Waals surface area contributed by atoms with Crippen LogP contribution in [0, 0.1) is 0 Å². The number of hydrogen-bond acceptors (Lipinski definition) is 5. The van der Waals surface area contributed by atoms with Crippen LogP contribution in [-0.4, -0.2) is 29.3 Å². The van der Waals surface area contributed by atoms with Gasteiger partial charge in [0.25, 0.3) is 0 Å². The second-order valence-corrected chi connectivity index (χ2v) is 8.18. The van der Waals surface area contributed by atoms with Gasteiger partial charge in [-0.05, 0) is 30.5 Å². The molecule has 1 fully saturated rings. The van der Waals surface area contributed by atoms with Gasteiger partial charge in [0.05, 0.1) is 29.4 Å². The summed E-state index contributed by atoms with van der Waals surface area (Å²) in [6.45, 7) is 0.668. The van der Waals surface area contributed by atoms with Gasteiger partial charge >= 0.3 is 0 Å². The number of nitrogens with zero attached hydrogens (tertiary/aromatic N) is 2. The lowest BCUT2D eigenvalue weighted by Gasteiger charge is -2.36. The van der Waals surface area contributed by atoms with Gasteiger partial charge in [0, 0.05) is 34.8 Å². The molecule has 1 saturated carbocycles. The van der Waals surface area contributed by atoms with Gasteiger partial charge in [-0.25, -0.2) is 0 Å². The van der Waals surface area contributed by atoms with Crippen LogP contribution in [0.5, 0.6) is 5.75 Å². The van der Waals surface area contributed by atoms with E-state index in [4.69, 9.17) is 27.1 Å². The molecule has 1 aliphatic carbocycles. The Morgan fingerprint density at radius 1 is 1.28 bits per heavy atom. The molecule has 2 aliphatic rings. The fraction of sp³-hybridized carbons (Fsp3) is 0.304. The van der Waals surface area contributed by atoms with Crippen molar-refractivity contribution in [2.24, 2.45) is 0 Å². The summed E-state index contributed by atoms with van der Waals surface area (Å²) in [6.07, 6.45) is 4.50. The minimum Gasteiger partial charge on any atom is -0.495 e. The fourth-order valence-electron chi connectivity index (χ4n) is 4.55. The number of para-hydroxylation sites is 1. The van der Waals surface area contributed by atoms with Crippen molar-refractivity contribution in [3.8, 4) is 16.9 Å². The lowest BCUT2D eigenvalue weighted by molar-refractivity contribution is -0.113. The quantitative estimate of drug-likeness (QED) is 0.632. The van der Waals surface area contributed by atoms with Crippen LogP contribution < -0.4 is 10.5 Å². The summed E-state index contributed by atoms with van der Waals surface area (Å²) in [5.74, 6) is 0.618. The van der Waals surface area contributed by atoms with Crippen LogP contribution in [0.4, 0.5) is 5.69 Å². The standard InChI is InChI=1S/C23H22ClN3O2/c1-29-20-10-13(8-9-17(20)24)15-6-3-7-16-22(25)21-18(26-23(15)16)11-27(19(21)12-28)14-4-2-5-14/h3,6-10,12,14,19H,2,4-5,11H2,1H3,(H2,25,26). The minimum atomic E-state index is -0.300. The second kappa shape index (κ2) is 7.01. The highest BCUT2D eigenvalue weighted by Crippen LogP contribution is 2.44.